The third kappa shape index (κ3) is 8.17. The molecule has 0 saturated carbocycles. The highest BCUT2D eigenvalue weighted by Gasteiger charge is 2.33. The van der Waals surface area contributed by atoms with Gasteiger partial charge in [-0.3, -0.25) is 13.9 Å². The second kappa shape index (κ2) is 14.4. The molecule has 0 bridgehead atoms. The second-order valence-corrected chi connectivity index (χ2v) is 12.6. The van der Waals surface area contributed by atoms with Gasteiger partial charge in [0.05, 0.1) is 24.8 Å². The van der Waals surface area contributed by atoms with Crippen LogP contribution in [-0.2, 0) is 26.2 Å². The van der Waals surface area contributed by atoms with Crippen LogP contribution >= 0.6 is 11.6 Å². The van der Waals surface area contributed by atoms with Crippen LogP contribution in [0.25, 0.3) is 0 Å². The number of benzene rings is 3. The molecule has 0 radical (unpaired) electrons. The van der Waals surface area contributed by atoms with Crippen molar-refractivity contribution < 1.29 is 27.5 Å². The summed E-state index contributed by atoms with van der Waals surface area (Å²) in [5.74, 6) is -0.0871. The normalized spacial score (nSPS) is 12.0. The fourth-order valence-electron chi connectivity index (χ4n) is 4.28. The van der Waals surface area contributed by atoms with E-state index < -0.39 is 28.5 Å². The van der Waals surface area contributed by atoms with Crippen molar-refractivity contribution in [3.8, 4) is 11.5 Å². The number of nitrogens with zero attached hydrogens (tertiary/aromatic N) is 2. The number of nitrogens with one attached hydrogen (secondary N) is 1. The molecule has 9 nitrogen and oxygen atoms in total. The van der Waals surface area contributed by atoms with Gasteiger partial charge in [0.1, 0.15) is 12.6 Å². The number of hydrogen-bond acceptors (Lipinski definition) is 6. The molecule has 42 heavy (non-hydrogen) atoms. The minimum atomic E-state index is -4.29. The first-order valence-electron chi connectivity index (χ1n) is 13.5. The molecule has 0 spiro atoms. The molecule has 3 aromatic rings. The molecule has 3 rings (SSSR count). The predicted octanol–water partition coefficient (Wildman–Crippen LogP) is 5.05. The summed E-state index contributed by atoms with van der Waals surface area (Å²) in [6.45, 7) is 7.52. The molecule has 0 unspecified atom stereocenters. The number of methoxy groups -OCH3 is 2. The number of amides is 2. The summed E-state index contributed by atoms with van der Waals surface area (Å²) >= 11 is 6.09. The predicted molar refractivity (Wildman–Crippen MR) is 165 cm³/mol. The molecular formula is C31H38ClN3O6S. The number of ether oxygens (including phenoxy) is 2. The Hall–Kier alpha value is -3.76. The van der Waals surface area contributed by atoms with E-state index in [0.29, 0.717) is 17.3 Å². The quantitative estimate of drug-likeness (QED) is 0.289. The van der Waals surface area contributed by atoms with Gasteiger partial charge in [-0.2, -0.15) is 0 Å². The summed E-state index contributed by atoms with van der Waals surface area (Å²) in [5.41, 5.74) is 2.04. The van der Waals surface area contributed by atoms with E-state index in [-0.39, 0.29) is 34.7 Å². The number of halogens is 1. The lowest BCUT2D eigenvalue weighted by Gasteiger charge is -2.32. The zero-order valence-electron chi connectivity index (χ0n) is 24.8. The topological polar surface area (TPSA) is 105 Å². The molecule has 1 atom stereocenters. The maximum Gasteiger partial charge on any atom is 0.264 e. The molecule has 0 aliphatic rings. The number of sulfonamides is 1. The molecule has 0 heterocycles. The lowest BCUT2D eigenvalue weighted by molar-refractivity contribution is -0.139. The van der Waals surface area contributed by atoms with Crippen LogP contribution in [0.2, 0.25) is 5.02 Å². The first kappa shape index (κ1) is 32.8. The fourth-order valence-corrected chi connectivity index (χ4v) is 5.84. The lowest BCUT2D eigenvalue weighted by atomic mass is 10.1. The Morgan fingerprint density at radius 1 is 0.929 bits per heavy atom. The van der Waals surface area contributed by atoms with Crippen LogP contribution in [0.3, 0.4) is 0 Å². The van der Waals surface area contributed by atoms with E-state index in [1.807, 2.05) is 45.0 Å². The summed E-state index contributed by atoms with van der Waals surface area (Å²) in [5, 5.41) is 3.29. The van der Waals surface area contributed by atoms with E-state index in [4.69, 9.17) is 21.1 Å². The van der Waals surface area contributed by atoms with Gasteiger partial charge in [-0.1, -0.05) is 55.3 Å². The number of aryl methyl sites for hydroxylation is 1. The monoisotopic (exact) mass is 615 g/mol. The van der Waals surface area contributed by atoms with Gasteiger partial charge in [0.15, 0.2) is 11.5 Å². The summed E-state index contributed by atoms with van der Waals surface area (Å²) in [6, 6.07) is 17.1. The van der Waals surface area contributed by atoms with Crippen molar-refractivity contribution in [1.82, 2.24) is 10.2 Å². The molecule has 226 valence electrons. The molecular weight excluding hydrogens is 578 g/mol. The van der Waals surface area contributed by atoms with E-state index in [9.17, 15) is 18.0 Å². The Kier molecular flexibility index (Phi) is 11.2. The molecule has 0 aliphatic carbocycles. The maximum atomic E-state index is 14.1. The first-order chi connectivity index (χ1) is 19.9. The van der Waals surface area contributed by atoms with E-state index in [2.05, 4.69) is 5.32 Å². The van der Waals surface area contributed by atoms with Gasteiger partial charge in [-0.25, -0.2) is 8.42 Å². The van der Waals surface area contributed by atoms with Crippen molar-refractivity contribution >= 4 is 39.1 Å². The van der Waals surface area contributed by atoms with Crippen LogP contribution in [0.15, 0.2) is 71.6 Å². The average Bonchev–Trinajstić information content (AvgIpc) is 2.97. The summed E-state index contributed by atoms with van der Waals surface area (Å²) < 4.78 is 39.7. The highest BCUT2D eigenvalue weighted by atomic mass is 35.5. The molecule has 0 aliphatic heterocycles. The Labute approximate surface area is 253 Å². The summed E-state index contributed by atoms with van der Waals surface area (Å²) in [6.07, 6.45) is 0. The van der Waals surface area contributed by atoms with Crippen molar-refractivity contribution in [2.24, 2.45) is 5.92 Å². The SMILES string of the molecule is COc1ccc(S(=O)(=O)N(CC(=O)N(Cc2cccc(C)c2)[C@@H](C)C(=O)NCC(C)C)c2ccc(Cl)cc2)cc1OC. The van der Waals surface area contributed by atoms with Crippen molar-refractivity contribution in [3.05, 3.63) is 82.9 Å². The standard InChI is InChI=1S/C31H38ClN3O6S/c1-21(2)18-33-31(37)23(4)34(19-24-9-7-8-22(3)16-24)30(36)20-35(26-12-10-25(32)11-13-26)42(38,39)27-14-15-28(40-5)29(17-27)41-6/h7-17,21,23H,18-20H2,1-6H3,(H,33,37)/t23-/m0/s1. The first-order valence-corrected chi connectivity index (χ1v) is 15.3. The lowest BCUT2D eigenvalue weighted by Crippen LogP contribution is -2.51. The number of carbonyl (C=O) groups excluding carboxylic acids is 2. The van der Waals surface area contributed by atoms with Gasteiger partial charge in [0.2, 0.25) is 11.8 Å². The molecule has 0 aromatic heterocycles. The van der Waals surface area contributed by atoms with Gasteiger partial charge in [-0.15, -0.1) is 0 Å². The smallest absolute Gasteiger partial charge is 0.264 e. The molecule has 2 amide bonds. The minimum absolute atomic E-state index is 0.101. The second-order valence-electron chi connectivity index (χ2n) is 10.3. The third-order valence-corrected chi connectivity index (χ3v) is 8.65. The van der Waals surface area contributed by atoms with Gasteiger partial charge in [-0.05, 0) is 61.7 Å². The number of anilines is 1. The van der Waals surface area contributed by atoms with E-state index in [1.54, 1.807) is 19.1 Å². The van der Waals surface area contributed by atoms with E-state index in [1.165, 1.54) is 49.5 Å². The number of hydrogen-bond donors (Lipinski definition) is 1. The van der Waals surface area contributed by atoms with Crippen LogP contribution in [0.1, 0.15) is 31.9 Å². The largest absolute Gasteiger partial charge is 0.493 e. The number of carbonyl (C=O) groups is 2. The molecule has 0 saturated heterocycles. The van der Waals surface area contributed by atoms with Crippen LogP contribution in [0.4, 0.5) is 5.69 Å². The van der Waals surface area contributed by atoms with Crippen LogP contribution in [0, 0.1) is 12.8 Å². The van der Waals surface area contributed by atoms with Crippen molar-refractivity contribution in [2.45, 2.75) is 45.2 Å². The van der Waals surface area contributed by atoms with Crippen LogP contribution in [0.5, 0.6) is 11.5 Å². The zero-order chi connectivity index (χ0) is 31.0. The van der Waals surface area contributed by atoms with Crippen LogP contribution in [-0.4, -0.2) is 58.5 Å². The number of rotatable bonds is 13. The third-order valence-electron chi connectivity index (χ3n) is 6.62. The van der Waals surface area contributed by atoms with E-state index >= 15 is 0 Å². The molecule has 11 heteroatoms. The van der Waals surface area contributed by atoms with Gasteiger partial charge < -0.3 is 19.7 Å². The fraction of sp³-hybridized carbons (Fsp3) is 0.355. The van der Waals surface area contributed by atoms with Gasteiger partial charge >= 0.3 is 0 Å². The summed E-state index contributed by atoms with van der Waals surface area (Å²) in [4.78, 5) is 28.5. The Morgan fingerprint density at radius 3 is 2.19 bits per heavy atom. The molecule has 1 N–H and O–H groups in total. The van der Waals surface area contributed by atoms with Crippen molar-refractivity contribution in [1.29, 1.82) is 0 Å². The zero-order valence-corrected chi connectivity index (χ0v) is 26.3. The molecule has 3 aromatic carbocycles. The Bertz CT molecular complexity index is 1490. The van der Waals surface area contributed by atoms with E-state index in [0.717, 1.165) is 15.4 Å². The van der Waals surface area contributed by atoms with Crippen molar-refractivity contribution in [2.75, 3.05) is 31.6 Å². The minimum Gasteiger partial charge on any atom is -0.493 e. The highest BCUT2D eigenvalue weighted by molar-refractivity contribution is 7.92. The van der Waals surface area contributed by atoms with Gasteiger partial charge in [0.25, 0.3) is 10.0 Å². The van der Waals surface area contributed by atoms with Gasteiger partial charge in [0, 0.05) is 24.2 Å². The summed E-state index contributed by atoms with van der Waals surface area (Å²) in [7, 11) is -1.44. The Morgan fingerprint density at radius 2 is 1.60 bits per heavy atom. The molecule has 0 fully saturated rings. The average molecular weight is 616 g/mol. The van der Waals surface area contributed by atoms with Crippen molar-refractivity contribution in [3.63, 3.8) is 0 Å². The highest BCUT2D eigenvalue weighted by Crippen LogP contribution is 2.32. The maximum absolute atomic E-state index is 14.1. The Balaban J connectivity index is 2.05. The van der Waals surface area contributed by atoms with Crippen LogP contribution < -0.4 is 19.1 Å².